The van der Waals surface area contributed by atoms with Crippen molar-refractivity contribution in [3.63, 3.8) is 0 Å². The van der Waals surface area contributed by atoms with Crippen LogP contribution in [0.5, 0.6) is 0 Å². The normalized spacial score (nSPS) is 24.9. The van der Waals surface area contributed by atoms with Gasteiger partial charge in [0.15, 0.2) is 5.78 Å². The van der Waals surface area contributed by atoms with E-state index in [2.05, 4.69) is 22.6 Å². The van der Waals surface area contributed by atoms with Crippen LogP contribution in [-0.2, 0) is 16.0 Å². The summed E-state index contributed by atoms with van der Waals surface area (Å²) in [4.78, 5) is 26.1. The molecule has 1 atom stereocenters. The van der Waals surface area contributed by atoms with Crippen LogP contribution < -0.4 is 0 Å². The fraction of sp³-hybridized carbons (Fsp3) is 0.375. The molecule has 1 heterocycles. The van der Waals surface area contributed by atoms with Crippen LogP contribution in [0.25, 0.3) is 0 Å². The number of carbonyl (C=O) groups excluding carboxylic acids is 2. The van der Waals surface area contributed by atoms with Crippen molar-refractivity contribution in [2.45, 2.75) is 31.2 Å². The highest BCUT2D eigenvalue weighted by molar-refractivity contribution is 14.1. The molecule has 1 unspecified atom stereocenters. The number of hydrogen-bond donors (Lipinski definition) is 0. The molecular weight excluding hydrogens is 365 g/mol. The molecule has 0 saturated carbocycles. The van der Waals surface area contributed by atoms with Gasteiger partial charge in [-0.15, -0.1) is 0 Å². The van der Waals surface area contributed by atoms with Crippen molar-refractivity contribution < 1.29 is 9.59 Å². The summed E-state index contributed by atoms with van der Waals surface area (Å²) in [6, 6.07) is 7.95. The molecule has 1 aliphatic heterocycles. The lowest BCUT2D eigenvalue weighted by atomic mass is 9.95. The molecule has 1 aromatic rings. The van der Waals surface area contributed by atoms with Crippen molar-refractivity contribution in [3.8, 4) is 0 Å². The van der Waals surface area contributed by atoms with Gasteiger partial charge >= 0.3 is 0 Å². The van der Waals surface area contributed by atoms with Gasteiger partial charge in [0.05, 0.1) is 12.0 Å². The Balaban J connectivity index is 1.79. The molecule has 0 aromatic heterocycles. The molecule has 1 aromatic carbocycles. The number of allylic oxidation sites excluding steroid dienone is 1. The maximum absolute atomic E-state index is 12.6. The van der Waals surface area contributed by atoms with Gasteiger partial charge in [0, 0.05) is 16.5 Å². The molecule has 1 fully saturated rings. The number of likely N-dealkylation sites (tertiary alicyclic amines) is 1. The second kappa shape index (κ2) is 5.31. The Morgan fingerprint density at radius 1 is 1.35 bits per heavy atom. The summed E-state index contributed by atoms with van der Waals surface area (Å²) in [5, 5.41) is 0. The Bertz CT molecular complexity index is 596. The van der Waals surface area contributed by atoms with E-state index >= 15 is 0 Å². The zero-order valence-corrected chi connectivity index (χ0v) is 13.3. The first-order chi connectivity index (χ1) is 9.61. The van der Waals surface area contributed by atoms with E-state index in [-0.39, 0.29) is 17.2 Å². The van der Waals surface area contributed by atoms with Crippen LogP contribution in [0.3, 0.4) is 0 Å². The number of ketones is 1. The Kier molecular flexibility index (Phi) is 3.67. The molecule has 104 valence electrons. The van der Waals surface area contributed by atoms with Crippen molar-refractivity contribution >= 4 is 34.3 Å². The van der Waals surface area contributed by atoms with E-state index in [1.165, 1.54) is 0 Å². The molecular formula is C16H16INO2. The zero-order valence-electron chi connectivity index (χ0n) is 11.1. The highest BCUT2D eigenvalue weighted by Crippen LogP contribution is 2.38. The standard InChI is InChI=1S/C16H16INO2/c17-14-5-2-1-4-12(14)10-15(20)18-9-3-7-16(18)8-6-13(19)11-16/h1-2,4-6,8H,3,7,9-11H2. The van der Waals surface area contributed by atoms with E-state index in [1.807, 2.05) is 35.2 Å². The fourth-order valence-electron chi connectivity index (χ4n) is 3.20. The molecule has 1 amide bonds. The average molecular weight is 381 g/mol. The predicted octanol–water partition coefficient (Wildman–Crippen LogP) is 2.72. The first-order valence-electron chi connectivity index (χ1n) is 6.87. The molecule has 2 aliphatic rings. The van der Waals surface area contributed by atoms with E-state index in [4.69, 9.17) is 0 Å². The highest BCUT2D eigenvalue weighted by atomic mass is 127. The molecule has 0 bridgehead atoms. The average Bonchev–Trinajstić information content (AvgIpc) is 3.00. The number of benzene rings is 1. The van der Waals surface area contributed by atoms with E-state index < -0.39 is 0 Å². The van der Waals surface area contributed by atoms with Crippen LogP contribution in [0.15, 0.2) is 36.4 Å². The summed E-state index contributed by atoms with van der Waals surface area (Å²) >= 11 is 2.26. The Hall–Kier alpha value is -1.17. The van der Waals surface area contributed by atoms with Crippen LogP contribution in [0.2, 0.25) is 0 Å². The van der Waals surface area contributed by atoms with Crippen molar-refractivity contribution in [1.82, 2.24) is 4.90 Å². The van der Waals surface area contributed by atoms with E-state index in [0.29, 0.717) is 12.8 Å². The third-order valence-electron chi connectivity index (χ3n) is 4.19. The van der Waals surface area contributed by atoms with Crippen molar-refractivity contribution in [2.75, 3.05) is 6.54 Å². The topological polar surface area (TPSA) is 37.4 Å². The van der Waals surface area contributed by atoms with Gasteiger partial charge in [0.2, 0.25) is 5.91 Å². The summed E-state index contributed by atoms with van der Waals surface area (Å²) in [5.74, 6) is 0.268. The molecule has 1 saturated heterocycles. The number of amides is 1. The summed E-state index contributed by atoms with van der Waals surface area (Å²) in [5.41, 5.74) is 0.738. The predicted molar refractivity (Wildman–Crippen MR) is 85.3 cm³/mol. The number of carbonyl (C=O) groups is 2. The van der Waals surface area contributed by atoms with Crippen molar-refractivity contribution in [3.05, 3.63) is 45.6 Å². The SMILES string of the molecule is O=C1C=CC2(CCCN2C(=O)Cc2ccccc2I)C1. The van der Waals surface area contributed by atoms with Crippen molar-refractivity contribution in [2.24, 2.45) is 0 Å². The lowest BCUT2D eigenvalue weighted by Gasteiger charge is -2.33. The zero-order chi connectivity index (χ0) is 14.2. The van der Waals surface area contributed by atoms with Crippen LogP contribution in [0, 0.1) is 3.57 Å². The Labute approximate surface area is 132 Å². The van der Waals surface area contributed by atoms with Gasteiger partial charge in [-0.3, -0.25) is 9.59 Å². The van der Waals surface area contributed by atoms with E-state index in [1.54, 1.807) is 6.08 Å². The van der Waals surface area contributed by atoms with Crippen LogP contribution >= 0.6 is 22.6 Å². The second-order valence-corrected chi connectivity index (χ2v) is 6.66. The number of nitrogens with zero attached hydrogens (tertiary/aromatic N) is 1. The first kappa shape index (κ1) is 13.8. The van der Waals surface area contributed by atoms with Gasteiger partial charge < -0.3 is 4.90 Å². The number of halogens is 1. The van der Waals surface area contributed by atoms with Gasteiger partial charge in [-0.1, -0.05) is 24.3 Å². The van der Waals surface area contributed by atoms with Crippen LogP contribution in [-0.4, -0.2) is 28.7 Å². The van der Waals surface area contributed by atoms with E-state index in [0.717, 1.165) is 28.5 Å². The largest absolute Gasteiger partial charge is 0.333 e. The van der Waals surface area contributed by atoms with Crippen LogP contribution in [0.1, 0.15) is 24.8 Å². The van der Waals surface area contributed by atoms with Crippen molar-refractivity contribution in [1.29, 1.82) is 0 Å². The number of hydrogen-bond acceptors (Lipinski definition) is 2. The smallest absolute Gasteiger partial charge is 0.227 e. The summed E-state index contributed by atoms with van der Waals surface area (Å²) in [7, 11) is 0. The third kappa shape index (κ3) is 2.41. The number of rotatable bonds is 2. The van der Waals surface area contributed by atoms with Gasteiger partial charge in [-0.2, -0.15) is 0 Å². The Morgan fingerprint density at radius 3 is 2.85 bits per heavy atom. The molecule has 20 heavy (non-hydrogen) atoms. The second-order valence-electron chi connectivity index (χ2n) is 5.50. The first-order valence-corrected chi connectivity index (χ1v) is 7.95. The van der Waals surface area contributed by atoms with Gasteiger partial charge in [0.25, 0.3) is 0 Å². The molecule has 1 spiro atoms. The minimum atomic E-state index is -0.325. The molecule has 1 aliphatic carbocycles. The minimum Gasteiger partial charge on any atom is -0.333 e. The third-order valence-corrected chi connectivity index (χ3v) is 5.24. The quantitative estimate of drug-likeness (QED) is 0.739. The van der Waals surface area contributed by atoms with Gasteiger partial charge in [0.1, 0.15) is 0 Å². The van der Waals surface area contributed by atoms with E-state index in [9.17, 15) is 9.59 Å². The molecule has 3 nitrogen and oxygen atoms in total. The highest BCUT2D eigenvalue weighted by Gasteiger charge is 2.45. The molecule has 0 N–H and O–H groups in total. The molecule has 0 radical (unpaired) electrons. The minimum absolute atomic E-state index is 0.131. The monoisotopic (exact) mass is 381 g/mol. The van der Waals surface area contributed by atoms with Crippen LogP contribution in [0.4, 0.5) is 0 Å². The molecule has 4 heteroatoms. The maximum atomic E-state index is 12.6. The van der Waals surface area contributed by atoms with Gasteiger partial charge in [-0.25, -0.2) is 0 Å². The summed E-state index contributed by atoms with van der Waals surface area (Å²) in [6.07, 6.45) is 6.35. The molecule has 3 rings (SSSR count). The summed E-state index contributed by atoms with van der Waals surface area (Å²) < 4.78 is 1.12. The Morgan fingerprint density at radius 2 is 2.15 bits per heavy atom. The van der Waals surface area contributed by atoms with Gasteiger partial charge in [-0.05, 0) is 53.1 Å². The lowest BCUT2D eigenvalue weighted by molar-refractivity contribution is -0.133. The summed E-state index contributed by atoms with van der Waals surface area (Å²) in [6.45, 7) is 0.764. The fourth-order valence-corrected chi connectivity index (χ4v) is 3.78. The lowest BCUT2D eigenvalue weighted by Crippen LogP contribution is -2.46. The maximum Gasteiger partial charge on any atom is 0.227 e.